The van der Waals surface area contributed by atoms with Gasteiger partial charge in [-0.2, -0.15) is 5.10 Å². The zero-order chi connectivity index (χ0) is 12.6. The zero-order valence-corrected chi connectivity index (χ0v) is 9.93. The number of hydrogen-bond acceptors (Lipinski definition) is 3. The molecule has 5 heteroatoms. The average Bonchev–Trinajstić information content (AvgIpc) is 2.62. The van der Waals surface area contributed by atoms with Crippen molar-refractivity contribution in [2.75, 3.05) is 0 Å². The summed E-state index contributed by atoms with van der Waals surface area (Å²) in [6.07, 6.45) is 1.75. The maximum atomic E-state index is 11.3. The predicted molar refractivity (Wildman–Crippen MR) is 62.5 cm³/mol. The van der Waals surface area contributed by atoms with Gasteiger partial charge in [-0.05, 0) is 32.9 Å². The highest BCUT2D eigenvalue weighted by Crippen LogP contribution is 2.18. The van der Waals surface area contributed by atoms with Crippen LogP contribution >= 0.6 is 0 Å². The van der Waals surface area contributed by atoms with Crippen LogP contribution < -0.4 is 0 Å². The van der Waals surface area contributed by atoms with Gasteiger partial charge in [0.2, 0.25) is 0 Å². The van der Waals surface area contributed by atoms with Crippen LogP contribution in [0.3, 0.4) is 0 Å². The van der Waals surface area contributed by atoms with Crippen LogP contribution in [0.2, 0.25) is 0 Å². The van der Waals surface area contributed by atoms with E-state index in [-0.39, 0.29) is 5.56 Å². The smallest absolute Gasteiger partial charge is 0.339 e. The van der Waals surface area contributed by atoms with Gasteiger partial charge in [0.25, 0.3) is 0 Å². The van der Waals surface area contributed by atoms with Gasteiger partial charge in [-0.25, -0.2) is 9.48 Å². The molecule has 0 amide bonds. The summed E-state index contributed by atoms with van der Waals surface area (Å²) in [7, 11) is 0. The first-order valence-electron chi connectivity index (χ1n) is 5.23. The molecule has 2 aromatic heterocycles. The monoisotopic (exact) mass is 231 g/mol. The van der Waals surface area contributed by atoms with Gasteiger partial charge in [-0.1, -0.05) is 0 Å². The van der Waals surface area contributed by atoms with E-state index in [0.717, 1.165) is 11.4 Å². The van der Waals surface area contributed by atoms with Crippen LogP contribution in [-0.4, -0.2) is 25.8 Å². The standard InChI is InChI=1S/C12H13N3O2/c1-7-4-5-15(14-7)10-6-8(2)13-9(3)11(10)12(16)17/h4-6H,1-3H3,(H,16,17). The van der Waals surface area contributed by atoms with Crippen molar-refractivity contribution in [3.63, 3.8) is 0 Å². The van der Waals surface area contributed by atoms with Gasteiger partial charge in [0.05, 0.1) is 17.1 Å². The van der Waals surface area contributed by atoms with Crippen molar-refractivity contribution in [3.8, 4) is 5.69 Å². The maximum absolute atomic E-state index is 11.3. The number of pyridine rings is 1. The average molecular weight is 231 g/mol. The van der Waals surface area contributed by atoms with E-state index in [2.05, 4.69) is 10.1 Å². The largest absolute Gasteiger partial charge is 0.478 e. The Morgan fingerprint density at radius 3 is 2.53 bits per heavy atom. The molecule has 0 spiro atoms. The van der Waals surface area contributed by atoms with E-state index in [9.17, 15) is 9.90 Å². The number of aromatic carboxylic acids is 1. The summed E-state index contributed by atoms with van der Waals surface area (Å²) in [5, 5.41) is 13.5. The molecular weight excluding hydrogens is 218 g/mol. The van der Waals surface area contributed by atoms with Gasteiger partial charge in [0.15, 0.2) is 0 Å². The maximum Gasteiger partial charge on any atom is 0.339 e. The Bertz CT molecular complexity index is 587. The fraction of sp³-hybridized carbons (Fsp3) is 0.250. The minimum absolute atomic E-state index is 0.193. The Hall–Kier alpha value is -2.17. The molecule has 0 bridgehead atoms. The molecular formula is C12H13N3O2. The third kappa shape index (κ3) is 2.04. The fourth-order valence-corrected chi connectivity index (χ4v) is 1.80. The molecule has 1 N–H and O–H groups in total. The van der Waals surface area contributed by atoms with Gasteiger partial charge in [0, 0.05) is 11.9 Å². The highest BCUT2D eigenvalue weighted by molar-refractivity contribution is 5.93. The molecule has 0 fully saturated rings. The lowest BCUT2D eigenvalue weighted by Crippen LogP contribution is -2.10. The third-order valence-electron chi connectivity index (χ3n) is 2.49. The van der Waals surface area contributed by atoms with Crippen LogP contribution in [0, 0.1) is 20.8 Å². The summed E-state index contributed by atoms with van der Waals surface area (Å²) in [6.45, 7) is 5.38. The van der Waals surface area contributed by atoms with Crippen LogP contribution in [0.4, 0.5) is 0 Å². The highest BCUT2D eigenvalue weighted by atomic mass is 16.4. The molecule has 0 atom stereocenters. The van der Waals surface area contributed by atoms with Crippen LogP contribution in [0.15, 0.2) is 18.3 Å². The van der Waals surface area contributed by atoms with Gasteiger partial charge in [-0.15, -0.1) is 0 Å². The summed E-state index contributed by atoms with van der Waals surface area (Å²) in [4.78, 5) is 15.4. The van der Waals surface area contributed by atoms with Gasteiger partial charge < -0.3 is 5.11 Å². The second-order valence-corrected chi connectivity index (χ2v) is 3.95. The lowest BCUT2D eigenvalue weighted by atomic mass is 10.1. The number of carboxylic acids is 1. The summed E-state index contributed by atoms with van der Waals surface area (Å²) in [6, 6.07) is 3.56. The molecule has 0 radical (unpaired) electrons. The topological polar surface area (TPSA) is 68.0 Å². The van der Waals surface area contributed by atoms with Gasteiger partial charge in [-0.3, -0.25) is 4.98 Å². The van der Waals surface area contributed by atoms with Crippen molar-refractivity contribution in [2.24, 2.45) is 0 Å². The minimum Gasteiger partial charge on any atom is -0.478 e. The Labute approximate surface area is 98.7 Å². The SMILES string of the molecule is Cc1cc(-n2ccc(C)n2)c(C(=O)O)c(C)n1. The second kappa shape index (κ2) is 4.01. The molecule has 0 aromatic carbocycles. The quantitative estimate of drug-likeness (QED) is 0.857. The van der Waals surface area contributed by atoms with E-state index in [1.54, 1.807) is 23.9 Å². The lowest BCUT2D eigenvalue weighted by Gasteiger charge is -2.09. The van der Waals surface area contributed by atoms with Crippen molar-refractivity contribution >= 4 is 5.97 Å². The number of carbonyl (C=O) groups is 1. The molecule has 2 rings (SSSR count). The van der Waals surface area contributed by atoms with E-state index in [0.29, 0.717) is 11.4 Å². The Balaban J connectivity index is 2.71. The summed E-state index contributed by atoms with van der Waals surface area (Å²) in [5.41, 5.74) is 2.86. The Morgan fingerprint density at radius 1 is 1.29 bits per heavy atom. The van der Waals surface area contributed by atoms with E-state index in [4.69, 9.17) is 0 Å². The van der Waals surface area contributed by atoms with Crippen molar-refractivity contribution in [2.45, 2.75) is 20.8 Å². The Kier molecular flexibility index (Phi) is 2.67. The van der Waals surface area contributed by atoms with Gasteiger partial charge >= 0.3 is 5.97 Å². The summed E-state index contributed by atoms with van der Waals surface area (Å²) in [5.74, 6) is -0.988. The molecule has 0 saturated heterocycles. The van der Waals surface area contributed by atoms with E-state index >= 15 is 0 Å². The molecule has 88 valence electrons. The van der Waals surface area contributed by atoms with Crippen molar-refractivity contribution in [3.05, 3.63) is 41.0 Å². The van der Waals surface area contributed by atoms with Crippen LogP contribution in [0.5, 0.6) is 0 Å². The lowest BCUT2D eigenvalue weighted by molar-refractivity contribution is 0.0695. The highest BCUT2D eigenvalue weighted by Gasteiger charge is 2.17. The van der Waals surface area contributed by atoms with Gasteiger partial charge in [0.1, 0.15) is 5.56 Å². The molecule has 0 aliphatic heterocycles. The third-order valence-corrected chi connectivity index (χ3v) is 2.49. The molecule has 5 nitrogen and oxygen atoms in total. The van der Waals surface area contributed by atoms with Crippen molar-refractivity contribution < 1.29 is 9.90 Å². The second-order valence-electron chi connectivity index (χ2n) is 3.95. The first-order valence-corrected chi connectivity index (χ1v) is 5.23. The predicted octanol–water partition coefficient (Wildman–Crippen LogP) is 1.89. The van der Waals surface area contributed by atoms with Crippen molar-refractivity contribution in [1.29, 1.82) is 0 Å². The molecule has 0 aliphatic carbocycles. The van der Waals surface area contributed by atoms with E-state index < -0.39 is 5.97 Å². The molecule has 0 saturated carbocycles. The van der Waals surface area contributed by atoms with E-state index in [1.165, 1.54) is 0 Å². The number of aromatic nitrogens is 3. The zero-order valence-electron chi connectivity index (χ0n) is 9.93. The number of aryl methyl sites for hydroxylation is 3. The number of rotatable bonds is 2. The fourth-order valence-electron chi connectivity index (χ4n) is 1.80. The Morgan fingerprint density at radius 2 is 2.00 bits per heavy atom. The minimum atomic E-state index is -0.988. The molecule has 17 heavy (non-hydrogen) atoms. The first-order chi connectivity index (χ1) is 7.99. The summed E-state index contributed by atoms with van der Waals surface area (Å²) < 4.78 is 1.57. The van der Waals surface area contributed by atoms with Crippen LogP contribution in [0.25, 0.3) is 5.69 Å². The number of carboxylic acid groups (broad SMARTS) is 1. The molecule has 2 heterocycles. The number of hydrogen-bond donors (Lipinski definition) is 1. The summed E-state index contributed by atoms with van der Waals surface area (Å²) >= 11 is 0. The molecule has 0 unspecified atom stereocenters. The first kappa shape index (κ1) is 11.3. The molecule has 2 aromatic rings. The van der Waals surface area contributed by atoms with Crippen molar-refractivity contribution in [1.82, 2.24) is 14.8 Å². The molecule has 0 aliphatic rings. The van der Waals surface area contributed by atoms with Crippen LogP contribution in [-0.2, 0) is 0 Å². The van der Waals surface area contributed by atoms with Crippen LogP contribution in [0.1, 0.15) is 27.4 Å². The normalized spacial score (nSPS) is 10.5. The number of nitrogens with zero attached hydrogens (tertiary/aromatic N) is 3. The van der Waals surface area contributed by atoms with E-state index in [1.807, 2.05) is 19.9 Å².